The number of nitrogens with zero attached hydrogens (tertiary/aromatic N) is 3. The van der Waals surface area contributed by atoms with Crippen LogP contribution in [0, 0.1) is 17.0 Å². The summed E-state index contributed by atoms with van der Waals surface area (Å²) in [5, 5.41) is 17.1. The first-order valence-corrected chi connectivity index (χ1v) is 10.6. The maximum atomic E-state index is 13.3. The van der Waals surface area contributed by atoms with Crippen molar-refractivity contribution in [3.8, 4) is 0 Å². The molecule has 2 aliphatic rings. The minimum absolute atomic E-state index is 0.178. The number of amides is 4. The summed E-state index contributed by atoms with van der Waals surface area (Å²) in [7, 11) is 0. The van der Waals surface area contributed by atoms with Crippen molar-refractivity contribution in [1.82, 2.24) is 10.6 Å². The number of imide groups is 2. The third kappa shape index (κ3) is 4.43. The summed E-state index contributed by atoms with van der Waals surface area (Å²) in [6.07, 6.45) is 1.29. The first-order valence-electron chi connectivity index (χ1n) is 10.2. The van der Waals surface area contributed by atoms with Crippen molar-refractivity contribution in [2.24, 2.45) is 0 Å². The van der Waals surface area contributed by atoms with E-state index in [9.17, 15) is 24.5 Å². The molecule has 0 radical (unpaired) electrons. The first-order chi connectivity index (χ1) is 15.8. The van der Waals surface area contributed by atoms with Crippen LogP contribution in [0.5, 0.6) is 0 Å². The largest absolute Gasteiger partial charge is 0.368 e. The highest BCUT2D eigenvalue weighted by Gasteiger charge is 2.38. The summed E-state index contributed by atoms with van der Waals surface area (Å²) in [5.74, 6) is -1.72. The highest BCUT2D eigenvalue weighted by molar-refractivity contribution is 6.39. The van der Waals surface area contributed by atoms with Gasteiger partial charge in [0.25, 0.3) is 17.5 Å². The molecule has 2 aromatic carbocycles. The van der Waals surface area contributed by atoms with Gasteiger partial charge in [0.1, 0.15) is 5.57 Å². The number of non-ortho nitro benzene ring substituents is 1. The normalized spacial score (nSPS) is 18.0. The summed E-state index contributed by atoms with van der Waals surface area (Å²) in [5.41, 5.74) is 1.34. The molecule has 0 aromatic heterocycles. The molecule has 4 amide bonds. The third-order valence-electron chi connectivity index (χ3n) is 5.49. The van der Waals surface area contributed by atoms with Gasteiger partial charge in [0, 0.05) is 54.6 Å². The van der Waals surface area contributed by atoms with E-state index in [0.29, 0.717) is 34.9 Å². The molecule has 2 N–H and O–H groups in total. The minimum atomic E-state index is -0.895. The molecule has 33 heavy (non-hydrogen) atoms. The van der Waals surface area contributed by atoms with Crippen LogP contribution in [0.3, 0.4) is 0 Å². The second-order valence-corrected chi connectivity index (χ2v) is 8.06. The Bertz CT molecular complexity index is 1210. The van der Waals surface area contributed by atoms with Gasteiger partial charge in [-0.3, -0.25) is 25.0 Å². The number of anilines is 2. The maximum absolute atomic E-state index is 13.3. The van der Waals surface area contributed by atoms with Crippen molar-refractivity contribution < 1.29 is 19.3 Å². The molecule has 2 heterocycles. The third-order valence-corrected chi connectivity index (χ3v) is 5.73. The molecule has 170 valence electrons. The Hall–Kier alpha value is -3.76. The average Bonchev–Trinajstić information content (AvgIpc) is 2.79. The zero-order valence-electron chi connectivity index (χ0n) is 17.6. The van der Waals surface area contributed by atoms with E-state index in [4.69, 9.17) is 11.6 Å². The monoisotopic (exact) mass is 469 g/mol. The zero-order chi connectivity index (χ0) is 23.7. The van der Waals surface area contributed by atoms with Gasteiger partial charge in [-0.15, -0.1) is 0 Å². The molecule has 0 saturated carbocycles. The Kier molecular flexibility index (Phi) is 6.12. The van der Waals surface area contributed by atoms with E-state index < -0.39 is 22.8 Å². The van der Waals surface area contributed by atoms with E-state index in [0.717, 1.165) is 18.0 Å². The summed E-state index contributed by atoms with van der Waals surface area (Å²) in [6.45, 7) is 4.46. The van der Waals surface area contributed by atoms with Crippen molar-refractivity contribution in [2.45, 2.75) is 6.92 Å². The standard InChI is InChI=1S/C22H20ClN5O5/c1-13-2-3-15(23)12-19(13)27-21(30)17(20(29)25-22(27)31)11-14-10-16(28(32)33)4-5-18(14)26-8-6-24-7-9-26/h2-5,10-12,24H,6-9H2,1H3,(H,25,29,31)/b17-11-. The van der Waals surface area contributed by atoms with Crippen molar-refractivity contribution in [3.05, 3.63) is 68.2 Å². The van der Waals surface area contributed by atoms with E-state index in [-0.39, 0.29) is 16.9 Å². The topological polar surface area (TPSA) is 125 Å². The molecule has 0 aliphatic carbocycles. The number of benzene rings is 2. The predicted octanol–water partition coefficient (Wildman–Crippen LogP) is 2.63. The number of piperazine rings is 1. The van der Waals surface area contributed by atoms with Gasteiger partial charge in [-0.2, -0.15) is 0 Å². The lowest BCUT2D eigenvalue weighted by atomic mass is 10.0. The van der Waals surface area contributed by atoms with Gasteiger partial charge in [-0.05, 0) is 36.8 Å². The second kappa shape index (κ2) is 9.00. The number of hydrogen-bond donors (Lipinski definition) is 2. The quantitative estimate of drug-likeness (QED) is 0.305. The number of hydrogen-bond acceptors (Lipinski definition) is 7. The van der Waals surface area contributed by atoms with Crippen molar-refractivity contribution in [2.75, 3.05) is 36.0 Å². The zero-order valence-corrected chi connectivity index (χ0v) is 18.4. The summed E-state index contributed by atoms with van der Waals surface area (Å²) in [4.78, 5) is 52.1. The highest BCUT2D eigenvalue weighted by atomic mass is 35.5. The smallest absolute Gasteiger partial charge is 0.335 e. The number of halogens is 1. The fourth-order valence-electron chi connectivity index (χ4n) is 3.82. The molecule has 0 spiro atoms. The summed E-state index contributed by atoms with van der Waals surface area (Å²) < 4.78 is 0. The molecule has 2 fully saturated rings. The van der Waals surface area contributed by atoms with Gasteiger partial charge in [0.15, 0.2) is 0 Å². The lowest BCUT2D eigenvalue weighted by Crippen LogP contribution is -2.54. The van der Waals surface area contributed by atoms with Crippen LogP contribution in [0.15, 0.2) is 42.0 Å². The number of carbonyl (C=O) groups excluding carboxylic acids is 3. The molecular weight excluding hydrogens is 450 g/mol. The van der Waals surface area contributed by atoms with Crippen molar-refractivity contribution >= 4 is 52.6 Å². The Morgan fingerprint density at radius 3 is 2.48 bits per heavy atom. The van der Waals surface area contributed by atoms with Crippen LogP contribution >= 0.6 is 11.6 Å². The molecule has 0 bridgehead atoms. The van der Waals surface area contributed by atoms with Crippen molar-refractivity contribution in [3.63, 3.8) is 0 Å². The number of carbonyl (C=O) groups is 3. The lowest BCUT2D eigenvalue weighted by Gasteiger charge is -2.31. The Balaban J connectivity index is 1.81. The molecule has 2 saturated heterocycles. The van der Waals surface area contributed by atoms with Crippen molar-refractivity contribution in [1.29, 1.82) is 0 Å². The Morgan fingerprint density at radius 2 is 1.79 bits per heavy atom. The maximum Gasteiger partial charge on any atom is 0.335 e. The van der Waals surface area contributed by atoms with Crippen LogP contribution in [-0.4, -0.2) is 48.9 Å². The SMILES string of the molecule is Cc1ccc(Cl)cc1N1C(=O)NC(=O)/C(=C/c2cc([N+](=O)[O-])ccc2N2CCNCC2)C1=O. The molecule has 4 rings (SSSR count). The summed E-state index contributed by atoms with van der Waals surface area (Å²) in [6, 6.07) is 8.14. The molecule has 2 aliphatic heterocycles. The van der Waals surface area contributed by atoms with Gasteiger partial charge >= 0.3 is 6.03 Å². The van der Waals surface area contributed by atoms with Gasteiger partial charge in [0.05, 0.1) is 10.6 Å². The van der Waals surface area contributed by atoms with E-state index in [1.54, 1.807) is 25.1 Å². The number of urea groups is 1. The van der Waals surface area contributed by atoms with Gasteiger partial charge < -0.3 is 10.2 Å². The average molecular weight is 470 g/mol. The van der Waals surface area contributed by atoms with Crippen LogP contribution in [0.25, 0.3) is 6.08 Å². The fraction of sp³-hybridized carbons (Fsp3) is 0.227. The van der Waals surface area contributed by atoms with Crippen LogP contribution in [0.2, 0.25) is 5.02 Å². The predicted molar refractivity (Wildman–Crippen MR) is 123 cm³/mol. The molecule has 2 aromatic rings. The fourth-order valence-corrected chi connectivity index (χ4v) is 3.99. The molecule has 0 unspecified atom stereocenters. The highest BCUT2D eigenvalue weighted by Crippen LogP contribution is 2.31. The van der Waals surface area contributed by atoms with Gasteiger partial charge in [-0.25, -0.2) is 9.69 Å². The molecular formula is C22H20ClN5O5. The first kappa shape index (κ1) is 22.4. The molecule has 10 nitrogen and oxygen atoms in total. The van der Waals surface area contributed by atoms with E-state index in [1.165, 1.54) is 24.3 Å². The van der Waals surface area contributed by atoms with E-state index in [2.05, 4.69) is 10.6 Å². The van der Waals surface area contributed by atoms with E-state index >= 15 is 0 Å². The number of nitro benzene ring substituents is 1. The van der Waals surface area contributed by atoms with Crippen LogP contribution in [-0.2, 0) is 9.59 Å². The van der Waals surface area contributed by atoms with E-state index in [1.807, 2.05) is 4.90 Å². The van der Waals surface area contributed by atoms with Crippen LogP contribution in [0.4, 0.5) is 21.9 Å². The van der Waals surface area contributed by atoms with Crippen LogP contribution < -0.4 is 20.4 Å². The Morgan fingerprint density at radius 1 is 1.06 bits per heavy atom. The molecule has 11 heteroatoms. The number of nitrogens with one attached hydrogen (secondary N) is 2. The molecule has 0 atom stereocenters. The number of nitro groups is 1. The lowest BCUT2D eigenvalue weighted by molar-refractivity contribution is -0.384. The van der Waals surface area contributed by atoms with Gasteiger partial charge in [-0.1, -0.05) is 17.7 Å². The van der Waals surface area contributed by atoms with Gasteiger partial charge in [0.2, 0.25) is 0 Å². The minimum Gasteiger partial charge on any atom is -0.368 e. The number of rotatable bonds is 4. The van der Waals surface area contributed by atoms with Crippen LogP contribution in [0.1, 0.15) is 11.1 Å². The Labute approximate surface area is 193 Å². The summed E-state index contributed by atoms with van der Waals surface area (Å²) >= 11 is 6.05. The second-order valence-electron chi connectivity index (χ2n) is 7.63. The number of aryl methyl sites for hydroxylation is 1. The number of barbiturate groups is 1.